The molecule has 166 valence electrons. The molecule has 0 fully saturated rings. The lowest BCUT2D eigenvalue weighted by Gasteiger charge is -2.11. The van der Waals surface area contributed by atoms with Crippen LogP contribution in [0, 0.1) is 0 Å². The average molecular weight is 456 g/mol. The summed E-state index contributed by atoms with van der Waals surface area (Å²) >= 11 is 0. The number of esters is 1. The van der Waals surface area contributed by atoms with Gasteiger partial charge >= 0.3 is 12.6 Å². The summed E-state index contributed by atoms with van der Waals surface area (Å²) in [7, 11) is -0.931. The summed E-state index contributed by atoms with van der Waals surface area (Å²) < 4.78 is 58.2. The van der Waals surface area contributed by atoms with Crippen LogP contribution >= 0.6 is 0 Å². The molecule has 2 aromatic carbocycles. The van der Waals surface area contributed by atoms with Gasteiger partial charge in [0.15, 0.2) is 6.61 Å². The Kier molecular flexibility index (Phi) is 7.78. The molecule has 0 aliphatic carbocycles. The van der Waals surface area contributed by atoms with Crippen molar-refractivity contribution in [2.75, 3.05) is 20.7 Å². The first-order valence-corrected chi connectivity index (χ1v) is 10.0. The standard InChI is InChI=1S/C19H18F2N2O7S/c1-23(2)31(27,28)15-9-5-13(6-10-15)18(26)29-11-16(24)22-17(25)12-3-7-14(8-4-12)30-19(20)21/h3-10,19H,11H2,1-2H3,(H,22,24,25). The van der Waals surface area contributed by atoms with Crippen LogP contribution in [0.25, 0.3) is 0 Å². The molecular formula is C19H18F2N2O7S. The third kappa shape index (κ3) is 6.55. The molecule has 0 bridgehead atoms. The normalized spacial score (nSPS) is 11.3. The summed E-state index contributed by atoms with van der Waals surface area (Å²) in [5, 5.41) is 1.98. The molecule has 0 heterocycles. The Hall–Kier alpha value is -3.38. The maximum absolute atomic E-state index is 12.1. The highest BCUT2D eigenvalue weighted by atomic mass is 32.2. The first-order valence-electron chi connectivity index (χ1n) is 8.59. The zero-order valence-electron chi connectivity index (χ0n) is 16.4. The van der Waals surface area contributed by atoms with E-state index in [0.29, 0.717) is 0 Å². The van der Waals surface area contributed by atoms with Gasteiger partial charge in [-0.3, -0.25) is 14.9 Å². The van der Waals surface area contributed by atoms with Crippen LogP contribution in [-0.2, 0) is 19.6 Å². The number of imide groups is 1. The van der Waals surface area contributed by atoms with Crippen LogP contribution in [0.1, 0.15) is 20.7 Å². The second kappa shape index (κ2) is 10.1. The molecule has 0 atom stereocenters. The van der Waals surface area contributed by atoms with Crippen molar-refractivity contribution in [2.24, 2.45) is 0 Å². The number of benzene rings is 2. The quantitative estimate of drug-likeness (QED) is 0.600. The molecule has 0 saturated heterocycles. The Balaban J connectivity index is 1.89. The molecule has 0 aromatic heterocycles. The van der Waals surface area contributed by atoms with Crippen molar-refractivity contribution in [3.63, 3.8) is 0 Å². The molecule has 0 aliphatic rings. The van der Waals surface area contributed by atoms with Crippen LogP contribution < -0.4 is 10.1 Å². The zero-order chi connectivity index (χ0) is 23.2. The Morgan fingerprint density at radius 2 is 1.52 bits per heavy atom. The predicted octanol–water partition coefficient (Wildman–Crippen LogP) is 1.65. The molecule has 9 nitrogen and oxygen atoms in total. The number of nitrogens with zero attached hydrogens (tertiary/aromatic N) is 1. The summed E-state index contributed by atoms with van der Waals surface area (Å²) in [6.07, 6.45) is 0. The molecular weight excluding hydrogens is 438 g/mol. The number of hydrogen-bond donors (Lipinski definition) is 1. The van der Waals surface area contributed by atoms with E-state index in [-0.39, 0.29) is 21.8 Å². The van der Waals surface area contributed by atoms with Gasteiger partial charge in [0.1, 0.15) is 5.75 Å². The van der Waals surface area contributed by atoms with E-state index in [1.807, 2.05) is 5.32 Å². The van der Waals surface area contributed by atoms with Gasteiger partial charge in [0.25, 0.3) is 11.8 Å². The first-order chi connectivity index (χ1) is 14.5. The smallest absolute Gasteiger partial charge is 0.387 e. The van der Waals surface area contributed by atoms with E-state index < -0.39 is 41.0 Å². The summed E-state index contributed by atoms with van der Waals surface area (Å²) in [5.41, 5.74) is 0.00503. The molecule has 12 heteroatoms. The summed E-state index contributed by atoms with van der Waals surface area (Å²) in [6.45, 7) is -3.78. The maximum Gasteiger partial charge on any atom is 0.387 e. The van der Waals surface area contributed by atoms with Gasteiger partial charge in [0, 0.05) is 19.7 Å². The number of nitrogens with one attached hydrogen (secondary N) is 1. The second-order valence-electron chi connectivity index (χ2n) is 6.17. The predicted molar refractivity (Wildman–Crippen MR) is 103 cm³/mol. The summed E-state index contributed by atoms with van der Waals surface area (Å²) in [5.74, 6) is -2.80. The van der Waals surface area contributed by atoms with Gasteiger partial charge in [-0.2, -0.15) is 8.78 Å². The van der Waals surface area contributed by atoms with E-state index in [9.17, 15) is 31.6 Å². The molecule has 2 aromatic rings. The number of carbonyl (C=O) groups is 3. The fourth-order valence-corrected chi connectivity index (χ4v) is 3.11. The summed E-state index contributed by atoms with van der Waals surface area (Å²) in [6, 6.07) is 9.51. The van der Waals surface area contributed by atoms with Crippen LogP contribution in [0.3, 0.4) is 0 Å². The third-order valence-electron chi connectivity index (χ3n) is 3.80. The van der Waals surface area contributed by atoms with Crippen molar-refractivity contribution < 1.29 is 41.1 Å². The molecule has 0 spiro atoms. The van der Waals surface area contributed by atoms with Crippen molar-refractivity contribution >= 4 is 27.8 Å². The lowest BCUT2D eigenvalue weighted by Crippen LogP contribution is -2.34. The number of ether oxygens (including phenoxy) is 2. The molecule has 1 N–H and O–H groups in total. The topological polar surface area (TPSA) is 119 Å². The van der Waals surface area contributed by atoms with Crippen molar-refractivity contribution in [3.8, 4) is 5.75 Å². The van der Waals surface area contributed by atoms with Gasteiger partial charge in [-0.1, -0.05) is 0 Å². The third-order valence-corrected chi connectivity index (χ3v) is 5.63. The van der Waals surface area contributed by atoms with Gasteiger partial charge in [0.2, 0.25) is 10.0 Å². The Labute approximate surface area is 176 Å². The minimum Gasteiger partial charge on any atom is -0.452 e. The van der Waals surface area contributed by atoms with Crippen molar-refractivity contribution in [1.82, 2.24) is 9.62 Å². The summed E-state index contributed by atoms with van der Waals surface area (Å²) in [4.78, 5) is 35.8. The lowest BCUT2D eigenvalue weighted by molar-refractivity contribution is -0.123. The van der Waals surface area contributed by atoms with Crippen molar-refractivity contribution in [1.29, 1.82) is 0 Å². The molecule has 2 amide bonds. The van der Waals surface area contributed by atoms with E-state index in [1.165, 1.54) is 50.5 Å². The highest BCUT2D eigenvalue weighted by molar-refractivity contribution is 7.89. The number of hydrogen-bond acceptors (Lipinski definition) is 7. The van der Waals surface area contributed by atoms with E-state index in [2.05, 4.69) is 4.74 Å². The van der Waals surface area contributed by atoms with Crippen LogP contribution in [-0.4, -0.2) is 57.8 Å². The SMILES string of the molecule is CN(C)S(=O)(=O)c1ccc(C(=O)OCC(=O)NC(=O)c2ccc(OC(F)F)cc2)cc1. The minimum atomic E-state index is -3.66. The Morgan fingerprint density at radius 1 is 0.968 bits per heavy atom. The number of sulfonamides is 1. The number of amides is 2. The maximum atomic E-state index is 12.1. The first kappa shape index (κ1) is 23.9. The van der Waals surface area contributed by atoms with Gasteiger partial charge in [-0.05, 0) is 48.5 Å². The zero-order valence-corrected chi connectivity index (χ0v) is 17.2. The molecule has 0 radical (unpaired) electrons. The number of carbonyl (C=O) groups excluding carboxylic acids is 3. The fourth-order valence-electron chi connectivity index (χ4n) is 2.21. The van der Waals surface area contributed by atoms with Gasteiger partial charge in [-0.25, -0.2) is 17.5 Å². The van der Waals surface area contributed by atoms with Crippen molar-refractivity contribution in [3.05, 3.63) is 59.7 Å². The molecule has 31 heavy (non-hydrogen) atoms. The fraction of sp³-hybridized carbons (Fsp3) is 0.211. The van der Waals surface area contributed by atoms with Gasteiger partial charge in [0.05, 0.1) is 10.5 Å². The molecule has 0 saturated carbocycles. The van der Waals surface area contributed by atoms with Crippen LogP contribution in [0.15, 0.2) is 53.4 Å². The van der Waals surface area contributed by atoms with Crippen LogP contribution in [0.2, 0.25) is 0 Å². The Morgan fingerprint density at radius 3 is 2.03 bits per heavy atom. The van der Waals surface area contributed by atoms with E-state index in [4.69, 9.17) is 4.74 Å². The number of alkyl halides is 2. The van der Waals surface area contributed by atoms with Crippen LogP contribution in [0.5, 0.6) is 5.75 Å². The lowest BCUT2D eigenvalue weighted by atomic mass is 10.2. The van der Waals surface area contributed by atoms with E-state index >= 15 is 0 Å². The minimum absolute atomic E-state index is 0.000942. The van der Waals surface area contributed by atoms with E-state index in [0.717, 1.165) is 16.4 Å². The second-order valence-corrected chi connectivity index (χ2v) is 8.32. The number of halogens is 2. The van der Waals surface area contributed by atoms with E-state index in [1.54, 1.807) is 0 Å². The average Bonchev–Trinajstić information content (AvgIpc) is 2.72. The molecule has 0 aliphatic heterocycles. The Bertz CT molecular complexity index is 1050. The van der Waals surface area contributed by atoms with Gasteiger partial charge in [-0.15, -0.1) is 0 Å². The molecule has 2 rings (SSSR count). The highest BCUT2D eigenvalue weighted by Crippen LogP contribution is 2.16. The number of rotatable bonds is 8. The molecule has 0 unspecified atom stereocenters. The van der Waals surface area contributed by atoms with Gasteiger partial charge < -0.3 is 9.47 Å². The monoisotopic (exact) mass is 456 g/mol. The van der Waals surface area contributed by atoms with Crippen LogP contribution in [0.4, 0.5) is 8.78 Å². The highest BCUT2D eigenvalue weighted by Gasteiger charge is 2.19. The largest absolute Gasteiger partial charge is 0.452 e. The van der Waals surface area contributed by atoms with Crippen molar-refractivity contribution in [2.45, 2.75) is 11.5 Å².